The molecule has 1 aromatic carbocycles. The molecule has 7 nitrogen and oxygen atoms in total. The summed E-state index contributed by atoms with van der Waals surface area (Å²) in [5.41, 5.74) is 2.29. The Balaban J connectivity index is 1.51. The Morgan fingerprint density at radius 2 is 1.91 bits per heavy atom. The van der Waals surface area contributed by atoms with Crippen LogP contribution in [0.2, 0.25) is 0 Å². The van der Waals surface area contributed by atoms with E-state index in [0.29, 0.717) is 17.5 Å². The number of aryl methyl sites for hydroxylation is 2. The Bertz CT molecular complexity index is 1160. The van der Waals surface area contributed by atoms with Crippen LogP contribution >= 0.6 is 23.1 Å². The summed E-state index contributed by atoms with van der Waals surface area (Å²) < 4.78 is 13.4. The van der Waals surface area contributed by atoms with E-state index in [1.54, 1.807) is 30.2 Å². The summed E-state index contributed by atoms with van der Waals surface area (Å²) in [6, 6.07) is 10.0. The fourth-order valence-electron chi connectivity index (χ4n) is 3.38. The highest BCUT2D eigenvalue weighted by molar-refractivity contribution is 7.98. The Morgan fingerprint density at radius 1 is 1.09 bits per heavy atom. The lowest BCUT2D eigenvalue weighted by Gasteiger charge is -2.09. The van der Waals surface area contributed by atoms with Crippen LogP contribution in [0.4, 0.5) is 0 Å². The molecule has 0 spiro atoms. The van der Waals surface area contributed by atoms with Crippen molar-refractivity contribution >= 4 is 23.1 Å². The van der Waals surface area contributed by atoms with Crippen molar-refractivity contribution in [1.29, 1.82) is 0 Å². The maximum atomic E-state index is 5.94. The molecule has 0 aliphatic heterocycles. The van der Waals surface area contributed by atoms with E-state index in [1.165, 1.54) is 10.4 Å². The van der Waals surface area contributed by atoms with Crippen molar-refractivity contribution in [1.82, 2.24) is 25.0 Å². The second-order valence-corrected chi connectivity index (χ2v) is 9.48. The predicted molar refractivity (Wildman–Crippen MR) is 128 cm³/mol. The van der Waals surface area contributed by atoms with E-state index in [4.69, 9.17) is 9.15 Å². The van der Waals surface area contributed by atoms with Crippen molar-refractivity contribution in [2.75, 3.05) is 7.11 Å². The number of rotatable bonds is 10. The average molecular weight is 470 g/mol. The van der Waals surface area contributed by atoms with E-state index >= 15 is 0 Å². The number of unbranched alkanes of at least 4 members (excludes halogenated alkanes) is 1. The quantitative estimate of drug-likeness (QED) is 0.262. The first-order chi connectivity index (χ1) is 15.6. The third-order valence-corrected chi connectivity index (χ3v) is 7.47. The lowest BCUT2D eigenvalue weighted by atomic mass is 10.2. The van der Waals surface area contributed by atoms with E-state index < -0.39 is 0 Å². The molecule has 4 rings (SSSR count). The Morgan fingerprint density at radius 3 is 2.59 bits per heavy atom. The number of aromatic nitrogens is 5. The average Bonchev–Trinajstić information content (AvgIpc) is 3.54. The summed E-state index contributed by atoms with van der Waals surface area (Å²) in [5.74, 6) is 3.40. The minimum Gasteiger partial charge on any atom is -0.497 e. The first-order valence-electron chi connectivity index (χ1n) is 10.7. The highest BCUT2D eigenvalue weighted by atomic mass is 32.2. The van der Waals surface area contributed by atoms with Crippen LogP contribution in [-0.2, 0) is 18.7 Å². The second-order valence-electron chi connectivity index (χ2n) is 7.40. The maximum Gasteiger partial charge on any atom is 0.257 e. The number of ether oxygens (including phenoxy) is 1. The first kappa shape index (κ1) is 22.5. The summed E-state index contributed by atoms with van der Waals surface area (Å²) >= 11 is 3.28. The van der Waals surface area contributed by atoms with Gasteiger partial charge in [-0.1, -0.05) is 32.0 Å². The monoisotopic (exact) mass is 469 g/mol. The summed E-state index contributed by atoms with van der Waals surface area (Å²) in [6.07, 6.45) is 3.16. The van der Waals surface area contributed by atoms with Crippen molar-refractivity contribution in [2.45, 2.75) is 57.5 Å². The van der Waals surface area contributed by atoms with Crippen LogP contribution in [-0.4, -0.2) is 32.1 Å². The topological polar surface area (TPSA) is 78.9 Å². The fraction of sp³-hybridized carbons (Fsp3) is 0.391. The van der Waals surface area contributed by atoms with Crippen LogP contribution < -0.4 is 4.74 Å². The van der Waals surface area contributed by atoms with Crippen LogP contribution in [0, 0.1) is 6.92 Å². The molecule has 0 aliphatic carbocycles. The zero-order valence-electron chi connectivity index (χ0n) is 18.8. The SMILES string of the molecule is CCCCn1c(SCc2nnc(-c3cc(C)c(CC)s3)o2)nnc1-c1ccc(OC)cc1. The number of benzene rings is 1. The molecule has 3 aromatic heterocycles. The molecule has 0 atom stereocenters. The van der Waals surface area contributed by atoms with Crippen molar-refractivity contribution in [3.63, 3.8) is 0 Å². The third-order valence-electron chi connectivity index (χ3n) is 5.14. The molecule has 0 radical (unpaired) electrons. The van der Waals surface area contributed by atoms with Gasteiger partial charge in [0.1, 0.15) is 5.75 Å². The van der Waals surface area contributed by atoms with Crippen LogP contribution in [0.15, 0.2) is 39.9 Å². The van der Waals surface area contributed by atoms with Gasteiger partial charge in [-0.05, 0) is 55.7 Å². The van der Waals surface area contributed by atoms with Gasteiger partial charge in [0.25, 0.3) is 5.89 Å². The number of thioether (sulfide) groups is 1. The Labute approximate surface area is 196 Å². The molecular weight excluding hydrogens is 442 g/mol. The van der Waals surface area contributed by atoms with Gasteiger partial charge in [-0.25, -0.2) is 0 Å². The molecule has 4 aromatic rings. The van der Waals surface area contributed by atoms with Gasteiger partial charge < -0.3 is 13.7 Å². The Hall–Kier alpha value is -2.65. The van der Waals surface area contributed by atoms with Crippen molar-refractivity contribution < 1.29 is 9.15 Å². The van der Waals surface area contributed by atoms with Gasteiger partial charge in [0, 0.05) is 17.0 Å². The highest BCUT2D eigenvalue weighted by Crippen LogP contribution is 2.32. The molecule has 0 fully saturated rings. The van der Waals surface area contributed by atoms with E-state index in [2.05, 4.69) is 51.8 Å². The summed E-state index contributed by atoms with van der Waals surface area (Å²) in [5, 5.41) is 18.3. The van der Waals surface area contributed by atoms with E-state index in [9.17, 15) is 0 Å². The van der Waals surface area contributed by atoms with Crippen LogP contribution in [0.3, 0.4) is 0 Å². The molecule has 0 bridgehead atoms. The van der Waals surface area contributed by atoms with Crippen LogP contribution in [0.25, 0.3) is 22.2 Å². The van der Waals surface area contributed by atoms with Crippen LogP contribution in [0.1, 0.15) is 43.0 Å². The zero-order chi connectivity index (χ0) is 22.5. The molecule has 0 N–H and O–H groups in total. The maximum absolute atomic E-state index is 5.94. The molecular formula is C23H27N5O2S2. The number of hydrogen-bond donors (Lipinski definition) is 0. The van der Waals surface area contributed by atoms with Gasteiger partial charge in [-0.3, -0.25) is 0 Å². The Kier molecular flexibility index (Phi) is 7.26. The first-order valence-corrected chi connectivity index (χ1v) is 12.6. The number of nitrogens with zero attached hydrogens (tertiary/aromatic N) is 5. The zero-order valence-corrected chi connectivity index (χ0v) is 20.4. The molecule has 0 saturated heterocycles. The largest absolute Gasteiger partial charge is 0.497 e. The number of thiophene rings is 1. The molecule has 0 aliphatic rings. The second kappa shape index (κ2) is 10.3. The summed E-state index contributed by atoms with van der Waals surface area (Å²) in [4.78, 5) is 2.38. The third kappa shape index (κ3) is 4.88. The van der Waals surface area contributed by atoms with Crippen molar-refractivity contribution in [3.8, 4) is 27.9 Å². The predicted octanol–water partition coefficient (Wildman–Crippen LogP) is 6.03. The smallest absolute Gasteiger partial charge is 0.257 e. The van der Waals surface area contributed by atoms with Crippen LogP contribution in [0.5, 0.6) is 5.75 Å². The van der Waals surface area contributed by atoms with Gasteiger partial charge in [0.15, 0.2) is 11.0 Å². The van der Waals surface area contributed by atoms with Gasteiger partial charge in [-0.2, -0.15) is 0 Å². The highest BCUT2D eigenvalue weighted by Gasteiger charge is 2.17. The van der Waals surface area contributed by atoms with Gasteiger partial charge >= 0.3 is 0 Å². The van der Waals surface area contributed by atoms with Gasteiger partial charge in [0.2, 0.25) is 5.89 Å². The van der Waals surface area contributed by atoms with E-state index in [0.717, 1.165) is 53.0 Å². The summed E-state index contributed by atoms with van der Waals surface area (Å²) in [7, 11) is 1.67. The van der Waals surface area contributed by atoms with Gasteiger partial charge in [-0.15, -0.1) is 31.7 Å². The van der Waals surface area contributed by atoms with Crippen molar-refractivity contribution in [2.24, 2.45) is 0 Å². The minimum atomic E-state index is 0.546. The molecule has 0 unspecified atom stereocenters. The fourth-order valence-corrected chi connectivity index (χ4v) is 5.22. The van der Waals surface area contributed by atoms with E-state index in [-0.39, 0.29) is 0 Å². The molecule has 168 valence electrons. The lowest BCUT2D eigenvalue weighted by Crippen LogP contribution is -2.02. The number of methoxy groups -OCH3 is 1. The molecule has 9 heteroatoms. The molecule has 0 amide bonds. The standard InChI is InChI=1S/C23H27N5O2S2/c1-5-7-12-28-21(16-8-10-17(29-4)11-9-16)25-27-23(28)31-14-20-24-26-22(30-20)19-13-15(3)18(6-2)32-19/h8-11,13H,5-7,12,14H2,1-4H3. The molecule has 3 heterocycles. The summed E-state index contributed by atoms with van der Waals surface area (Å²) in [6.45, 7) is 7.32. The lowest BCUT2D eigenvalue weighted by molar-refractivity contribution is 0.415. The van der Waals surface area contributed by atoms with Gasteiger partial charge in [0.05, 0.1) is 17.7 Å². The minimum absolute atomic E-state index is 0.546. The normalized spacial score (nSPS) is 11.2. The van der Waals surface area contributed by atoms with E-state index in [1.807, 2.05) is 24.3 Å². The number of hydrogen-bond acceptors (Lipinski definition) is 8. The molecule has 0 saturated carbocycles. The van der Waals surface area contributed by atoms with Crippen molar-refractivity contribution in [3.05, 3.63) is 46.7 Å². The molecule has 32 heavy (non-hydrogen) atoms.